The number of hydrogen-bond donors (Lipinski definition) is 1. The number of ether oxygens (including phenoxy) is 1. The van der Waals surface area contributed by atoms with Crippen LogP contribution >= 0.6 is 11.3 Å². The van der Waals surface area contributed by atoms with Gasteiger partial charge in [-0.2, -0.15) is 0 Å². The highest BCUT2D eigenvalue weighted by atomic mass is 32.1. The molecule has 30 heavy (non-hydrogen) atoms. The van der Waals surface area contributed by atoms with Crippen LogP contribution in [0.3, 0.4) is 0 Å². The predicted molar refractivity (Wildman–Crippen MR) is 115 cm³/mol. The largest absolute Gasteiger partial charge is 0.491 e. The number of rotatable bonds is 7. The van der Waals surface area contributed by atoms with Crippen molar-refractivity contribution in [2.45, 2.75) is 39.3 Å². The first-order valence-corrected chi connectivity index (χ1v) is 11.1. The Morgan fingerprint density at radius 2 is 2.03 bits per heavy atom. The summed E-state index contributed by atoms with van der Waals surface area (Å²) in [5.41, 5.74) is 1.08. The summed E-state index contributed by atoms with van der Waals surface area (Å²) in [6.07, 6.45) is 0.786. The van der Waals surface area contributed by atoms with Gasteiger partial charge in [-0.25, -0.2) is 9.18 Å². The van der Waals surface area contributed by atoms with E-state index in [1.54, 1.807) is 33.3 Å². The van der Waals surface area contributed by atoms with Crippen LogP contribution in [0.4, 0.5) is 9.18 Å². The molecule has 1 aromatic carbocycles. The molecule has 0 saturated carbocycles. The number of nitrogens with one attached hydrogen (secondary N) is 1. The molecular weight excluding hydrogens is 405 g/mol. The molecule has 0 radical (unpaired) electrons. The molecule has 0 spiro atoms. The van der Waals surface area contributed by atoms with Crippen molar-refractivity contribution in [3.8, 4) is 5.75 Å². The van der Waals surface area contributed by atoms with Crippen molar-refractivity contribution in [1.29, 1.82) is 0 Å². The number of amides is 3. The van der Waals surface area contributed by atoms with Gasteiger partial charge in [-0.1, -0.05) is 0 Å². The number of halogens is 1. The van der Waals surface area contributed by atoms with Crippen molar-refractivity contribution in [3.63, 3.8) is 0 Å². The molecule has 1 aliphatic heterocycles. The van der Waals surface area contributed by atoms with Gasteiger partial charge in [0.15, 0.2) is 0 Å². The van der Waals surface area contributed by atoms with Crippen LogP contribution in [0.15, 0.2) is 35.7 Å². The van der Waals surface area contributed by atoms with Gasteiger partial charge in [0.2, 0.25) is 5.91 Å². The Morgan fingerprint density at radius 1 is 1.30 bits per heavy atom. The third kappa shape index (κ3) is 5.11. The van der Waals surface area contributed by atoms with E-state index < -0.39 is 0 Å². The summed E-state index contributed by atoms with van der Waals surface area (Å²) in [7, 11) is 0. The SMILES string of the molecule is CCNC(=O)N(CC(=O)N1CCc2sccc2[C@H]1COc1ccc(F)cc1)C(C)C. The minimum Gasteiger partial charge on any atom is -0.491 e. The number of nitrogens with zero attached hydrogens (tertiary/aromatic N) is 2. The Hall–Kier alpha value is -2.61. The van der Waals surface area contributed by atoms with Crippen LogP contribution in [0.1, 0.15) is 37.3 Å². The molecule has 0 unspecified atom stereocenters. The second-order valence-corrected chi connectivity index (χ2v) is 8.47. The fraction of sp³-hybridized carbons (Fsp3) is 0.455. The monoisotopic (exact) mass is 433 g/mol. The smallest absolute Gasteiger partial charge is 0.318 e. The molecule has 0 fully saturated rings. The van der Waals surface area contributed by atoms with E-state index in [1.807, 2.05) is 32.2 Å². The summed E-state index contributed by atoms with van der Waals surface area (Å²) in [4.78, 5) is 30.2. The van der Waals surface area contributed by atoms with Gasteiger partial charge in [-0.15, -0.1) is 11.3 Å². The van der Waals surface area contributed by atoms with Gasteiger partial charge in [-0.05, 0) is 68.5 Å². The summed E-state index contributed by atoms with van der Waals surface area (Å²) in [5.74, 6) is 0.118. The van der Waals surface area contributed by atoms with Gasteiger partial charge < -0.3 is 19.9 Å². The first kappa shape index (κ1) is 22.1. The second-order valence-electron chi connectivity index (χ2n) is 7.47. The topological polar surface area (TPSA) is 61.9 Å². The molecule has 1 aromatic heterocycles. The van der Waals surface area contributed by atoms with Gasteiger partial charge in [0.1, 0.15) is 24.7 Å². The van der Waals surface area contributed by atoms with Crippen molar-refractivity contribution in [2.24, 2.45) is 0 Å². The van der Waals surface area contributed by atoms with E-state index >= 15 is 0 Å². The van der Waals surface area contributed by atoms with E-state index in [0.29, 0.717) is 18.8 Å². The van der Waals surface area contributed by atoms with Crippen LogP contribution in [0.5, 0.6) is 5.75 Å². The van der Waals surface area contributed by atoms with Crippen molar-refractivity contribution in [3.05, 3.63) is 52.0 Å². The van der Waals surface area contributed by atoms with Crippen molar-refractivity contribution in [1.82, 2.24) is 15.1 Å². The lowest BCUT2D eigenvalue weighted by Crippen LogP contribution is -2.51. The molecule has 1 atom stereocenters. The maximum atomic E-state index is 13.2. The van der Waals surface area contributed by atoms with Crippen LogP contribution in [0, 0.1) is 5.82 Å². The van der Waals surface area contributed by atoms with E-state index in [-0.39, 0.29) is 43.0 Å². The lowest BCUT2D eigenvalue weighted by atomic mass is 10.0. The van der Waals surface area contributed by atoms with Crippen LogP contribution in [-0.4, -0.2) is 54.0 Å². The molecule has 2 aromatic rings. The van der Waals surface area contributed by atoms with Crippen molar-refractivity contribution in [2.75, 3.05) is 26.2 Å². The number of carbonyl (C=O) groups excluding carboxylic acids is 2. The zero-order valence-electron chi connectivity index (χ0n) is 17.6. The Labute approximate surface area is 180 Å². The molecule has 2 heterocycles. The molecule has 162 valence electrons. The number of benzene rings is 1. The van der Waals surface area contributed by atoms with Crippen LogP contribution < -0.4 is 10.1 Å². The van der Waals surface area contributed by atoms with E-state index in [2.05, 4.69) is 5.32 Å². The maximum Gasteiger partial charge on any atom is 0.318 e. The van der Waals surface area contributed by atoms with Crippen LogP contribution in [0.2, 0.25) is 0 Å². The number of fused-ring (bicyclic) bond motifs is 1. The van der Waals surface area contributed by atoms with E-state index in [0.717, 1.165) is 12.0 Å². The van der Waals surface area contributed by atoms with Crippen LogP contribution in [-0.2, 0) is 11.2 Å². The van der Waals surface area contributed by atoms with E-state index in [9.17, 15) is 14.0 Å². The average molecular weight is 434 g/mol. The van der Waals surface area contributed by atoms with Crippen LogP contribution in [0.25, 0.3) is 0 Å². The zero-order valence-corrected chi connectivity index (χ0v) is 18.4. The number of thiophene rings is 1. The fourth-order valence-corrected chi connectivity index (χ4v) is 4.49. The Bertz CT molecular complexity index is 869. The molecule has 8 heteroatoms. The number of urea groups is 1. The van der Waals surface area contributed by atoms with Gasteiger partial charge in [0.05, 0.1) is 6.04 Å². The van der Waals surface area contributed by atoms with Crippen molar-refractivity contribution < 1.29 is 18.7 Å². The molecular formula is C22H28FN3O3S. The first-order valence-electron chi connectivity index (χ1n) is 10.2. The highest BCUT2D eigenvalue weighted by molar-refractivity contribution is 7.10. The maximum absolute atomic E-state index is 13.2. The molecule has 6 nitrogen and oxygen atoms in total. The molecule has 1 N–H and O–H groups in total. The lowest BCUT2D eigenvalue weighted by molar-refractivity contribution is -0.135. The summed E-state index contributed by atoms with van der Waals surface area (Å²) < 4.78 is 19.1. The lowest BCUT2D eigenvalue weighted by Gasteiger charge is -2.37. The predicted octanol–water partition coefficient (Wildman–Crippen LogP) is 3.83. The fourth-order valence-electron chi connectivity index (χ4n) is 3.56. The van der Waals surface area contributed by atoms with Gasteiger partial charge in [-0.3, -0.25) is 4.79 Å². The standard InChI is InChI=1S/C22H28FN3O3S/c1-4-24-22(28)26(15(2)3)13-21(27)25-11-9-20-18(10-12-30-20)19(25)14-29-17-7-5-16(23)6-8-17/h5-8,10,12,15,19H,4,9,11,13-14H2,1-3H3,(H,24,28)/t19-/m1/s1. The molecule has 0 aliphatic carbocycles. The third-order valence-electron chi connectivity index (χ3n) is 5.15. The van der Waals surface area contributed by atoms with Crippen molar-refractivity contribution >= 4 is 23.3 Å². The summed E-state index contributed by atoms with van der Waals surface area (Å²) in [5, 5.41) is 4.80. The molecule has 3 amide bonds. The zero-order chi connectivity index (χ0) is 21.7. The quantitative estimate of drug-likeness (QED) is 0.722. The van der Waals surface area contributed by atoms with E-state index in [1.165, 1.54) is 17.0 Å². The minimum atomic E-state index is -0.323. The Morgan fingerprint density at radius 3 is 2.70 bits per heavy atom. The second kappa shape index (κ2) is 9.93. The Balaban J connectivity index is 1.76. The van der Waals surface area contributed by atoms with Gasteiger partial charge in [0.25, 0.3) is 0 Å². The van der Waals surface area contributed by atoms with Gasteiger partial charge >= 0.3 is 6.03 Å². The summed E-state index contributed by atoms with van der Waals surface area (Å²) >= 11 is 1.68. The van der Waals surface area contributed by atoms with Gasteiger partial charge in [0, 0.05) is 24.0 Å². The summed E-state index contributed by atoms with van der Waals surface area (Å²) in [6, 6.07) is 7.29. The highest BCUT2D eigenvalue weighted by Gasteiger charge is 2.33. The van der Waals surface area contributed by atoms with E-state index in [4.69, 9.17) is 4.74 Å². The number of hydrogen-bond acceptors (Lipinski definition) is 4. The first-order chi connectivity index (χ1) is 14.4. The highest BCUT2D eigenvalue weighted by Crippen LogP contribution is 2.34. The normalized spacial score (nSPS) is 15.6. The average Bonchev–Trinajstić information content (AvgIpc) is 3.20. The molecule has 0 bridgehead atoms. The third-order valence-corrected chi connectivity index (χ3v) is 6.15. The summed E-state index contributed by atoms with van der Waals surface area (Å²) in [6.45, 7) is 7.00. The molecule has 0 saturated heterocycles. The Kier molecular flexibility index (Phi) is 7.31. The minimum absolute atomic E-state index is 0.00994. The number of carbonyl (C=O) groups is 2. The molecule has 3 rings (SSSR count). The molecule has 1 aliphatic rings.